The van der Waals surface area contributed by atoms with Gasteiger partial charge in [0.2, 0.25) is 0 Å². The van der Waals surface area contributed by atoms with Gasteiger partial charge in [-0.05, 0) is 51.2 Å². The summed E-state index contributed by atoms with van der Waals surface area (Å²) in [5.41, 5.74) is 2.23. The van der Waals surface area contributed by atoms with Crippen LogP contribution in [0.5, 0.6) is 0 Å². The highest BCUT2D eigenvalue weighted by atomic mass is 16.6. The molecular weight excluding hydrogens is 252 g/mol. The summed E-state index contributed by atoms with van der Waals surface area (Å²) >= 11 is 0. The summed E-state index contributed by atoms with van der Waals surface area (Å²) in [5.74, 6) is -0.193. The van der Waals surface area contributed by atoms with Crippen LogP contribution in [0.25, 0.3) is 0 Å². The third kappa shape index (κ3) is 4.34. The molecule has 20 heavy (non-hydrogen) atoms. The van der Waals surface area contributed by atoms with Gasteiger partial charge in [0.25, 0.3) is 0 Å². The number of esters is 1. The van der Waals surface area contributed by atoms with E-state index in [-0.39, 0.29) is 12.1 Å². The normalized spacial score (nSPS) is 18.4. The van der Waals surface area contributed by atoms with Gasteiger partial charge in [-0.1, -0.05) is 24.3 Å². The SMILES string of the molecule is CC(C)(C)OC(=O)CCOC1CCCc2ccccc21. The Kier molecular flexibility index (Phi) is 4.81. The van der Waals surface area contributed by atoms with Crippen LogP contribution in [0.4, 0.5) is 0 Å². The summed E-state index contributed by atoms with van der Waals surface area (Å²) in [6.07, 6.45) is 3.75. The van der Waals surface area contributed by atoms with Crippen LogP contribution in [0.15, 0.2) is 24.3 Å². The van der Waals surface area contributed by atoms with E-state index in [1.165, 1.54) is 11.1 Å². The Morgan fingerprint density at radius 3 is 2.80 bits per heavy atom. The minimum absolute atomic E-state index is 0.127. The van der Waals surface area contributed by atoms with Crippen molar-refractivity contribution in [2.24, 2.45) is 0 Å². The predicted octanol–water partition coefficient (Wildman–Crippen LogP) is 3.81. The van der Waals surface area contributed by atoms with Crippen molar-refractivity contribution in [1.29, 1.82) is 0 Å². The highest BCUT2D eigenvalue weighted by Gasteiger charge is 2.21. The van der Waals surface area contributed by atoms with Gasteiger partial charge < -0.3 is 9.47 Å². The van der Waals surface area contributed by atoms with E-state index in [1.807, 2.05) is 26.8 Å². The first kappa shape index (κ1) is 15.0. The molecule has 0 aromatic heterocycles. The topological polar surface area (TPSA) is 35.5 Å². The summed E-state index contributed by atoms with van der Waals surface area (Å²) < 4.78 is 11.2. The number of aryl methyl sites for hydroxylation is 1. The lowest BCUT2D eigenvalue weighted by molar-refractivity contribution is -0.156. The molecular formula is C17H24O3. The molecule has 2 rings (SSSR count). The fraction of sp³-hybridized carbons (Fsp3) is 0.588. The van der Waals surface area contributed by atoms with Gasteiger partial charge in [0, 0.05) is 0 Å². The highest BCUT2D eigenvalue weighted by molar-refractivity contribution is 5.69. The maximum Gasteiger partial charge on any atom is 0.308 e. The second kappa shape index (κ2) is 6.40. The number of benzene rings is 1. The number of carbonyl (C=O) groups excluding carboxylic acids is 1. The summed E-state index contributed by atoms with van der Waals surface area (Å²) in [6, 6.07) is 8.42. The number of carbonyl (C=O) groups is 1. The Bertz CT molecular complexity index is 460. The molecule has 0 aliphatic heterocycles. The third-order valence-electron chi connectivity index (χ3n) is 3.36. The number of rotatable bonds is 4. The lowest BCUT2D eigenvalue weighted by Crippen LogP contribution is -2.25. The van der Waals surface area contributed by atoms with E-state index in [0.717, 1.165) is 19.3 Å². The molecule has 0 bridgehead atoms. The van der Waals surface area contributed by atoms with Crippen LogP contribution in [0, 0.1) is 0 Å². The molecule has 0 fully saturated rings. The molecule has 1 aromatic carbocycles. The van der Waals surface area contributed by atoms with Crippen LogP contribution in [0.1, 0.15) is 57.3 Å². The molecule has 110 valence electrons. The van der Waals surface area contributed by atoms with E-state index in [1.54, 1.807) is 0 Å². The molecule has 0 amide bonds. The van der Waals surface area contributed by atoms with E-state index < -0.39 is 5.60 Å². The number of hydrogen-bond acceptors (Lipinski definition) is 3. The fourth-order valence-corrected chi connectivity index (χ4v) is 2.56. The average molecular weight is 276 g/mol. The molecule has 3 heteroatoms. The summed E-state index contributed by atoms with van der Waals surface area (Å²) in [5, 5.41) is 0. The molecule has 0 spiro atoms. The molecule has 1 aliphatic rings. The summed E-state index contributed by atoms with van der Waals surface area (Å²) in [4.78, 5) is 11.6. The Morgan fingerprint density at radius 2 is 2.05 bits per heavy atom. The van der Waals surface area contributed by atoms with E-state index in [4.69, 9.17) is 9.47 Å². The predicted molar refractivity (Wildman–Crippen MR) is 78.5 cm³/mol. The Labute approximate surface area is 121 Å². The van der Waals surface area contributed by atoms with Crippen LogP contribution in [-0.4, -0.2) is 18.2 Å². The monoisotopic (exact) mass is 276 g/mol. The Balaban J connectivity index is 1.82. The molecule has 0 saturated carbocycles. The van der Waals surface area contributed by atoms with Gasteiger partial charge in [0.1, 0.15) is 5.60 Å². The van der Waals surface area contributed by atoms with E-state index in [0.29, 0.717) is 13.0 Å². The Morgan fingerprint density at radius 1 is 1.30 bits per heavy atom. The van der Waals surface area contributed by atoms with E-state index >= 15 is 0 Å². The van der Waals surface area contributed by atoms with Crippen LogP contribution >= 0.6 is 0 Å². The molecule has 1 aromatic rings. The molecule has 0 N–H and O–H groups in total. The Hall–Kier alpha value is -1.35. The van der Waals surface area contributed by atoms with Gasteiger partial charge in [-0.15, -0.1) is 0 Å². The number of fused-ring (bicyclic) bond motifs is 1. The first-order chi connectivity index (χ1) is 9.46. The molecule has 0 saturated heterocycles. The molecule has 1 aliphatic carbocycles. The van der Waals surface area contributed by atoms with Crippen molar-refractivity contribution < 1.29 is 14.3 Å². The molecule has 3 nitrogen and oxygen atoms in total. The first-order valence-corrected chi connectivity index (χ1v) is 7.37. The molecule has 1 atom stereocenters. The number of ether oxygens (including phenoxy) is 2. The van der Waals surface area contributed by atoms with Gasteiger partial charge in [-0.3, -0.25) is 4.79 Å². The van der Waals surface area contributed by atoms with Crippen molar-refractivity contribution in [3.63, 3.8) is 0 Å². The zero-order valence-electron chi connectivity index (χ0n) is 12.6. The van der Waals surface area contributed by atoms with Gasteiger partial charge in [0.05, 0.1) is 19.1 Å². The zero-order valence-corrected chi connectivity index (χ0v) is 12.6. The van der Waals surface area contributed by atoms with Crippen LogP contribution in [0.3, 0.4) is 0 Å². The molecule has 0 heterocycles. The quantitative estimate of drug-likeness (QED) is 0.784. The van der Waals surface area contributed by atoms with Crippen molar-refractivity contribution >= 4 is 5.97 Å². The lowest BCUT2D eigenvalue weighted by Gasteiger charge is -2.26. The van der Waals surface area contributed by atoms with Crippen molar-refractivity contribution in [3.8, 4) is 0 Å². The van der Waals surface area contributed by atoms with Crippen LogP contribution in [-0.2, 0) is 20.7 Å². The van der Waals surface area contributed by atoms with Crippen molar-refractivity contribution in [2.45, 2.75) is 58.2 Å². The smallest absolute Gasteiger partial charge is 0.308 e. The second-order valence-corrected chi connectivity index (χ2v) is 6.29. The van der Waals surface area contributed by atoms with Gasteiger partial charge >= 0.3 is 5.97 Å². The standard InChI is InChI=1S/C17H24O3/c1-17(2,3)20-16(18)11-12-19-15-10-6-8-13-7-4-5-9-14(13)15/h4-5,7,9,15H,6,8,10-12H2,1-3H3. The van der Waals surface area contributed by atoms with E-state index in [2.05, 4.69) is 18.2 Å². The minimum atomic E-state index is -0.422. The zero-order chi connectivity index (χ0) is 14.6. The van der Waals surface area contributed by atoms with Crippen molar-refractivity contribution in [1.82, 2.24) is 0 Å². The van der Waals surface area contributed by atoms with Gasteiger partial charge in [-0.2, -0.15) is 0 Å². The maximum atomic E-state index is 11.6. The summed E-state index contributed by atoms with van der Waals surface area (Å²) in [6.45, 7) is 6.06. The van der Waals surface area contributed by atoms with E-state index in [9.17, 15) is 4.79 Å². The van der Waals surface area contributed by atoms with Crippen molar-refractivity contribution in [3.05, 3.63) is 35.4 Å². The van der Waals surface area contributed by atoms with Crippen LogP contribution < -0.4 is 0 Å². The van der Waals surface area contributed by atoms with Crippen LogP contribution in [0.2, 0.25) is 0 Å². The maximum absolute atomic E-state index is 11.6. The molecule has 1 unspecified atom stereocenters. The highest BCUT2D eigenvalue weighted by Crippen LogP contribution is 2.32. The van der Waals surface area contributed by atoms with Crippen molar-refractivity contribution in [2.75, 3.05) is 6.61 Å². The molecule has 0 radical (unpaired) electrons. The van der Waals surface area contributed by atoms with Gasteiger partial charge in [-0.25, -0.2) is 0 Å². The minimum Gasteiger partial charge on any atom is -0.460 e. The van der Waals surface area contributed by atoms with Gasteiger partial charge in [0.15, 0.2) is 0 Å². The number of hydrogen-bond donors (Lipinski definition) is 0. The second-order valence-electron chi connectivity index (χ2n) is 6.29. The fourth-order valence-electron chi connectivity index (χ4n) is 2.56. The lowest BCUT2D eigenvalue weighted by atomic mass is 9.89. The largest absolute Gasteiger partial charge is 0.460 e. The summed E-state index contributed by atoms with van der Waals surface area (Å²) in [7, 11) is 0. The third-order valence-corrected chi connectivity index (χ3v) is 3.36. The first-order valence-electron chi connectivity index (χ1n) is 7.37. The average Bonchev–Trinajstić information content (AvgIpc) is 2.37.